The highest BCUT2D eigenvalue weighted by Gasteiger charge is 2.35. The van der Waals surface area contributed by atoms with E-state index in [1.54, 1.807) is 30.3 Å². The number of halogens is 3. The fourth-order valence-electron chi connectivity index (χ4n) is 3.48. The topological polar surface area (TPSA) is 122 Å². The van der Waals surface area contributed by atoms with Gasteiger partial charge in [0.1, 0.15) is 5.70 Å². The SMILES string of the molecule is NS(=O)(=O)c1ccc(NC(=O)CSC2=NC(=Cc3ccccc3C(F)(F)F)C(=O)N2c2ccccc2)cc1. The number of hydrogen-bond donors (Lipinski definition) is 2. The van der Waals surface area contributed by atoms with Crippen LogP contribution in [0.1, 0.15) is 11.1 Å². The van der Waals surface area contributed by atoms with Crippen LogP contribution in [-0.4, -0.2) is 31.2 Å². The van der Waals surface area contributed by atoms with E-state index in [2.05, 4.69) is 10.3 Å². The number of carbonyl (C=O) groups excluding carboxylic acids is 2. The first-order chi connectivity index (χ1) is 17.9. The Kier molecular flexibility index (Phi) is 7.71. The number of amidine groups is 1. The van der Waals surface area contributed by atoms with E-state index in [4.69, 9.17) is 5.14 Å². The lowest BCUT2D eigenvalue weighted by Gasteiger charge is -2.17. The quantitative estimate of drug-likeness (QED) is 0.431. The minimum atomic E-state index is -4.62. The van der Waals surface area contributed by atoms with Gasteiger partial charge < -0.3 is 5.32 Å². The predicted molar refractivity (Wildman–Crippen MR) is 140 cm³/mol. The molecule has 2 amide bonds. The van der Waals surface area contributed by atoms with Crippen molar-refractivity contribution in [2.24, 2.45) is 10.1 Å². The number of para-hydroxylation sites is 1. The number of nitrogens with zero attached hydrogens (tertiary/aromatic N) is 2. The molecule has 3 aromatic carbocycles. The van der Waals surface area contributed by atoms with Gasteiger partial charge in [-0.3, -0.25) is 14.5 Å². The third kappa shape index (κ3) is 6.30. The van der Waals surface area contributed by atoms with Gasteiger partial charge in [-0.25, -0.2) is 18.5 Å². The van der Waals surface area contributed by atoms with E-state index in [1.807, 2.05) is 0 Å². The number of hydrogen-bond acceptors (Lipinski definition) is 6. The second-order valence-corrected chi connectivity index (χ2v) is 10.4. The summed E-state index contributed by atoms with van der Waals surface area (Å²) in [5.74, 6) is -1.32. The smallest absolute Gasteiger partial charge is 0.325 e. The summed E-state index contributed by atoms with van der Waals surface area (Å²) >= 11 is 0.914. The summed E-state index contributed by atoms with van der Waals surface area (Å²) in [4.78, 5) is 31.1. The van der Waals surface area contributed by atoms with Crippen molar-refractivity contribution in [1.82, 2.24) is 0 Å². The Balaban J connectivity index is 1.57. The Morgan fingerprint density at radius 2 is 1.63 bits per heavy atom. The number of amides is 2. The second-order valence-electron chi connectivity index (χ2n) is 7.89. The molecule has 1 heterocycles. The zero-order valence-corrected chi connectivity index (χ0v) is 21.0. The molecule has 196 valence electrons. The van der Waals surface area contributed by atoms with Gasteiger partial charge in [0.25, 0.3) is 5.91 Å². The van der Waals surface area contributed by atoms with Crippen molar-refractivity contribution in [2.75, 3.05) is 16.0 Å². The standard InChI is InChI=1S/C25H19F3N4O4S2/c26-25(27,28)20-9-5-4-6-16(20)14-21-23(34)32(18-7-2-1-3-8-18)24(31-21)37-15-22(33)30-17-10-12-19(13-11-17)38(29,35)36/h1-14H,15H2,(H,30,33)(H2,29,35,36). The van der Waals surface area contributed by atoms with Crippen molar-refractivity contribution in [3.8, 4) is 0 Å². The fraction of sp³-hybridized carbons (Fsp3) is 0.0800. The van der Waals surface area contributed by atoms with Gasteiger partial charge in [-0.1, -0.05) is 48.2 Å². The number of aliphatic imine (C=N–C) groups is 1. The van der Waals surface area contributed by atoms with Gasteiger partial charge in [0.2, 0.25) is 15.9 Å². The Bertz CT molecular complexity index is 1540. The molecular formula is C25H19F3N4O4S2. The van der Waals surface area contributed by atoms with Gasteiger partial charge in [-0.15, -0.1) is 0 Å². The first-order valence-corrected chi connectivity index (χ1v) is 13.4. The van der Waals surface area contributed by atoms with Gasteiger partial charge in [0.15, 0.2) is 5.17 Å². The largest absolute Gasteiger partial charge is 0.416 e. The van der Waals surface area contributed by atoms with Crippen molar-refractivity contribution in [2.45, 2.75) is 11.1 Å². The van der Waals surface area contributed by atoms with Crippen LogP contribution in [0.15, 0.2) is 94.4 Å². The summed E-state index contributed by atoms with van der Waals surface area (Å²) in [5, 5.41) is 7.76. The van der Waals surface area contributed by atoms with Gasteiger partial charge in [0, 0.05) is 5.69 Å². The molecule has 0 atom stereocenters. The molecule has 0 saturated carbocycles. The van der Waals surface area contributed by atoms with Crippen LogP contribution in [0, 0.1) is 0 Å². The molecule has 3 aromatic rings. The normalized spacial score (nSPS) is 15.1. The minimum Gasteiger partial charge on any atom is -0.325 e. The predicted octanol–water partition coefficient (Wildman–Crippen LogP) is 4.47. The molecule has 0 aliphatic carbocycles. The van der Waals surface area contributed by atoms with E-state index < -0.39 is 33.6 Å². The maximum absolute atomic E-state index is 13.5. The molecule has 0 fully saturated rings. The Labute approximate surface area is 220 Å². The van der Waals surface area contributed by atoms with Crippen molar-refractivity contribution in [3.05, 3.63) is 95.7 Å². The average molecular weight is 561 g/mol. The fourth-order valence-corrected chi connectivity index (χ4v) is 4.81. The highest BCUT2D eigenvalue weighted by molar-refractivity contribution is 8.14. The summed E-state index contributed by atoms with van der Waals surface area (Å²) < 4.78 is 63.1. The molecule has 0 saturated heterocycles. The molecule has 4 rings (SSSR count). The number of carbonyl (C=O) groups is 2. The molecular weight excluding hydrogens is 541 g/mol. The molecule has 13 heteroatoms. The van der Waals surface area contributed by atoms with E-state index in [1.165, 1.54) is 47.4 Å². The van der Waals surface area contributed by atoms with Crippen LogP contribution in [-0.2, 0) is 25.8 Å². The Morgan fingerprint density at radius 1 is 1.00 bits per heavy atom. The van der Waals surface area contributed by atoms with E-state index in [9.17, 15) is 31.2 Å². The van der Waals surface area contributed by atoms with Crippen LogP contribution in [0.25, 0.3) is 6.08 Å². The van der Waals surface area contributed by atoms with E-state index >= 15 is 0 Å². The van der Waals surface area contributed by atoms with Gasteiger partial charge in [-0.05, 0) is 54.1 Å². The third-order valence-electron chi connectivity index (χ3n) is 5.20. The van der Waals surface area contributed by atoms with Crippen molar-refractivity contribution in [1.29, 1.82) is 0 Å². The lowest BCUT2D eigenvalue weighted by molar-refractivity contribution is -0.137. The molecule has 1 aliphatic rings. The summed E-state index contributed by atoms with van der Waals surface area (Å²) in [6.45, 7) is 0. The van der Waals surface area contributed by atoms with Crippen LogP contribution in [0.2, 0.25) is 0 Å². The van der Waals surface area contributed by atoms with Crippen molar-refractivity contribution in [3.63, 3.8) is 0 Å². The molecule has 0 unspecified atom stereocenters. The zero-order valence-electron chi connectivity index (χ0n) is 19.3. The van der Waals surface area contributed by atoms with E-state index in [-0.39, 0.29) is 27.1 Å². The molecule has 0 aromatic heterocycles. The monoisotopic (exact) mass is 560 g/mol. The molecule has 1 aliphatic heterocycles. The maximum atomic E-state index is 13.5. The number of benzene rings is 3. The number of alkyl halides is 3. The molecule has 0 radical (unpaired) electrons. The summed E-state index contributed by atoms with van der Waals surface area (Å²) in [5.41, 5.74) is -0.596. The summed E-state index contributed by atoms with van der Waals surface area (Å²) in [6.07, 6.45) is -3.55. The van der Waals surface area contributed by atoms with Crippen LogP contribution >= 0.6 is 11.8 Å². The lowest BCUT2D eigenvalue weighted by atomic mass is 10.1. The minimum absolute atomic E-state index is 0.108. The second kappa shape index (κ2) is 10.8. The number of anilines is 2. The van der Waals surface area contributed by atoms with Gasteiger partial charge >= 0.3 is 6.18 Å². The summed E-state index contributed by atoms with van der Waals surface area (Å²) in [6, 6.07) is 18.4. The highest BCUT2D eigenvalue weighted by atomic mass is 32.2. The molecule has 8 nitrogen and oxygen atoms in total. The first kappa shape index (κ1) is 27.1. The van der Waals surface area contributed by atoms with Crippen LogP contribution < -0.4 is 15.4 Å². The Morgan fingerprint density at radius 3 is 2.26 bits per heavy atom. The van der Waals surface area contributed by atoms with Crippen LogP contribution in [0.5, 0.6) is 0 Å². The first-order valence-electron chi connectivity index (χ1n) is 10.8. The van der Waals surface area contributed by atoms with Crippen molar-refractivity contribution >= 4 is 56.2 Å². The molecule has 0 bridgehead atoms. The van der Waals surface area contributed by atoms with Crippen LogP contribution in [0.3, 0.4) is 0 Å². The number of thioether (sulfide) groups is 1. The van der Waals surface area contributed by atoms with Gasteiger partial charge in [0.05, 0.1) is 21.9 Å². The van der Waals surface area contributed by atoms with Crippen molar-refractivity contribution < 1.29 is 31.2 Å². The molecule has 3 N–H and O–H groups in total. The zero-order chi connectivity index (χ0) is 27.5. The third-order valence-corrected chi connectivity index (χ3v) is 7.07. The maximum Gasteiger partial charge on any atom is 0.416 e. The molecule has 38 heavy (non-hydrogen) atoms. The number of sulfonamides is 1. The van der Waals surface area contributed by atoms with Gasteiger partial charge in [-0.2, -0.15) is 13.2 Å². The van der Waals surface area contributed by atoms with Crippen LogP contribution in [0.4, 0.5) is 24.5 Å². The molecule has 0 spiro atoms. The number of nitrogens with one attached hydrogen (secondary N) is 1. The van der Waals surface area contributed by atoms with E-state index in [0.717, 1.165) is 23.9 Å². The Hall–Kier alpha value is -3.94. The van der Waals surface area contributed by atoms with E-state index in [0.29, 0.717) is 11.4 Å². The highest BCUT2D eigenvalue weighted by Crippen LogP contribution is 2.35. The average Bonchev–Trinajstić information content (AvgIpc) is 3.17. The lowest BCUT2D eigenvalue weighted by Crippen LogP contribution is -2.31. The summed E-state index contributed by atoms with van der Waals surface area (Å²) in [7, 11) is -3.88. The number of nitrogens with two attached hydrogens (primary N) is 1. The number of rotatable bonds is 6. The number of primary sulfonamides is 1.